The lowest BCUT2D eigenvalue weighted by Crippen LogP contribution is -2.35. The number of hydrogen-bond donors (Lipinski definition) is 1. The molecule has 1 fully saturated rings. The van der Waals surface area contributed by atoms with Crippen molar-refractivity contribution in [2.24, 2.45) is 5.73 Å². The molecule has 2 N–H and O–H groups in total. The fraction of sp³-hybridized carbons (Fsp3) is 0.333. The van der Waals surface area contributed by atoms with E-state index in [1.165, 1.54) is 19.2 Å². The van der Waals surface area contributed by atoms with E-state index in [0.717, 1.165) is 5.56 Å². The molecule has 7 heteroatoms. The summed E-state index contributed by atoms with van der Waals surface area (Å²) >= 11 is 5.86. The first-order valence-electron chi connectivity index (χ1n) is 7.76. The maximum Gasteiger partial charge on any atom is 0.183 e. The van der Waals surface area contributed by atoms with Crippen LogP contribution in [-0.2, 0) is 14.6 Å². The molecule has 0 heterocycles. The molecule has 0 radical (unpaired) electrons. The van der Waals surface area contributed by atoms with Gasteiger partial charge in [0.1, 0.15) is 5.75 Å². The van der Waals surface area contributed by atoms with E-state index in [1.807, 2.05) is 12.1 Å². The molecule has 2 aromatic rings. The van der Waals surface area contributed by atoms with Crippen molar-refractivity contribution >= 4 is 21.4 Å². The molecular weight excluding hydrogens is 362 g/mol. The van der Waals surface area contributed by atoms with Gasteiger partial charge in [-0.3, -0.25) is 0 Å². The van der Waals surface area contributed by atoms with Gasteiger partial charge in [0.25, 0.3) is 0 Å². The van der Waals surface area contributed by atoms with E-state index < -0.39 is 20.6 Å². The fourth-order valence-electron chi connectivity index (χ4n) is 3.38. The van der Waals surface area contributed by atoms with Crippen molar-refractivity contribution in [2.75, 3.05) is 20.8 Å². The molecule has 134 valence electrons. The molecule has 25 heavy (non-hydrogen) atoms. The van der Waals surface area contributed by atoms with Crippen LogP contribution in [0.25, 0.3) is 0 Å². The molecule has 0 aromatic heterocycles. The SMILES string of the molecule is COCC1(N)C(c2ccc(OC)cc2)C1S(=O)(=O)c1ccc(Cl)cc1. The van der Waals surface area contributed by atoms with Gasteiger partial charge in [-0.1, -0.05) is 23.7 Å². The Balaban J connectivity index is 1.99. The summed E-state index contributed by atoms with van der Waals surface area (Å²) in [5, 5.41) is -0.271. The summed E-state index contributed by atoms with van der Waals surface area (Å²) in [6.07, 6.45) is 0. The van der Waals surface area contributed by atoms with Crippen molar-refractivity contribution < 1.29 is 17.9 Å². The highest BCUT2D eigenvalue weighted by Crippen LogP contribution is 2.55. The number of sulfone groups is 1. The third-order valence-corrected chi connectivity index (χ3v) is 7.21. The first-order chi connectivity index (χ1) is 11.8. The summed E-state index contributed by atoms with van der Waals surface area (Å²) in [7, 11) is -0.521. The molecule has 3 rings (SSSR count). The second-order valence-corrected chi connectivity index (χ2v) is 8.72. The molecule has 0 bridgehead atoms. The Kier molecular flexibility index (Phi) is 4.81. The normalized spacial score (nSPS) is 25.6. The van der Waals surface area contributed by atoms with Crippen molar-refractivity contribution in [1.82, 2.24) is 0 Å². The molecule has 3 atom stereocenters. The molecule has 0 saturated heterocycles. The van der Waals surface area contributed by atoms with E-state index in [0.29, 0.717) is 10.8 Å². The van der Waals surface area contributed by atoms with Crippen molar-refractivity contribution in [2.45, 2.75) is 21.6 Å². The monoisotopic (exact) mass is 381 g/mol. The quantitative estimate of drug-likeness (QED) is 0.832. The van der Waals surface area contributed by atoms with Gasteiger partial charge in [0.2, 0.25) is 0 Å². The average molecular weight is 382 g/mol. The van der Waals surface area contributed by atoms with Crippen molar-refractivity contribution in [3.05, 3.63) is 59.1 Å². The second kappa shape index (κ2) is 6.61. The fourth-order valence-corrected chi connectivity index (χ4v) is 5.80. The molecule has 3 unspecified atom stereocenters. The number of methoxy groups -OCH3 is 2. The predicted molar refractivity (Wildman–Crippen MR) is 97.0 cm³/mol. The van der Waals surface area contributed by atoms with Crippen LogP contribution in [-0.4, -0.2) is 40.0 Å². The van der Waals surface area contributed by atoms with Gasteiger partial charge >= 0.3 is 0 Å². The van der Waals surface area contributed by atoms with E-state index in [2.05, 4.69) is 0 Å². The van der Waals surface area contributed by atoms with Gasteiger partial charge in [-0.2, -0.15) is 0 Å². The Bertz CT molecular complexity index is 852. The number of halogens is 1. The Hall–Kier alpha value is -1.60. The predicted octanol–water partition coefficient (Wildman–Crippen LogP) is 2.63. The molecular formula is C18H20ClNO4S. The van der Waals surface area contributed by atoms with Gasteiger partial charge in [-0.15, -0.1) is 0 Å². The molecule has 1 aliphatic rings. The highest BCUT2D eigenvalue weighted by molar-refractivity contribution is 7.92. The lowest BCUT2D eigenvalue weighted by Gasteiger charge is -2.11. The first kappa shape index (κ1) is 18.2. The maximum absolute atomic E-state index is 13.1. The van der Waals surface area contributed by atoms with E-state index >= 15 is 0 Å². The Morgan fingerprint density at radius 2 is 1.68 bits per heavy atom. The minimum absolute atomic E-state index is 0.154. The van der Waals surface area contributed by atoms with Crippen molar-refractivity contribution in [1.29, 1.82) is 0 Å². The highest BCUT2D eigenvalue weighted by atomic mass is 35.5. The van der Waals surface area contributed by atoms with Crippen molar-refractivity contribution in [3.8, 4) is 5.75 Å². The zero-order valence-electron chi connectivity index (χ0n) is 14.0. The van der Waals surface area contributed by atoms with E-state index in [-0.39, 0.29) is 17.4 Å². The number of benzene rings is 2. The van der Waals surface area contributed by atoms with Gasteiger partial charge in [0.15, 0.2) is 9.84 Å². The summed E-state index contributed by atoms with van der Waals surface area (Å²) in [6, 6.07) is 13.4. The number of nitrogens with two attached hydrogens (primary N) is 1. The molecule has 2 aromatic carbocycles. The minimum Gasteiger partial charge on any atom is -0.497 e. The van der Waals surface area contributed by atoms with Gasteiger partial charge < -0.3 is 15.2 Å². The summed E-state index contributed by atoms with van der Waals surface area (Å²) in [5.41, 5.74) is 6.32. The number of rotatable bonds is 6. The maximum atomic E-state index is 13.1. The lowest BCUT2D eigenvalue weighted by atomic mass is 10.1. The second-order valence-electron chi connectivity index (χ2n) is 6.22. The molecule has 1 saturated carbocycles. The number of ether oxygens (including phenoxy) is 2. The van der Waals surface area contributed by atoms with Crippen LogP contribution in [0, 0.1) is 0 Å². The van der Waals surface area contributed by atoms with E-state index in [4.69, 9.17) is 26.8 Å². The smallest absolute Gasteiger partial charge is 0.183 e. The average Bonchev–Trinajstić information content (AvgIpc) is 3.22. The van der Waals surface area contributed by atoms with Gasteiger partial charge in [-0.05, 0) is 42.0 Å². The lowest BCUT2D eigenvalue weighted by molar-refractivity contribution is 0.171. The van der Waals surface area contributed by atoms with Gasteiger partial charge in [0.05, 0.1) is 29.4 Å². The molecule has 0 spiro atoms. The van der Waals surface area contributed by atoms with Crippen LogP contribution in [0.2, 0.25) is 5.02 Å². The highest BCUT2D eigenvalue weighted by Gasteiger charge is 2.69. The Morgan fingerprint density at radius 1 is 1.08 bits per heavy atom. The topological polar surface area (TPSA) is 78.6 Å². The molecule has 0 aliphatic heterocycles. The van der Waals surface area contributed by atoms with Crippen LogP contribution >= 0.6 is 11.6 Å². The van der Waals surface area contributed by atoms with Crippen LogP contribution in [0.5, 0.6) is 5.75 Å². The third kappa shape index (κ3) is 3.15. The summed E-state index contributed by atoms with van der Waals surface area (Å²) in [5.74, 6) is 0.356. The third-order valence-electron chi connectivity index (χ3n) is 4.65. The van der Waals surface area contributed by atoms with E-state index in [1.54, 1.807) is 31.4 Å². The Morgan fingerprint density at radius 3 is 2.20 bits per heavy atom. The van der Waals surface area contributed by atoms with Gasteiger partial charge in [0, 0.05) is 18.1 Å². The minimum atomic E-state index is -3.62. The number of hydrogen-bond acceptors (Lipinski definition) is 5. The standard InChI is InChI=1S/C18H20ClNO4S/c1-23-11-18(20)16(12-3-7-14(24-2)8-4-12)17(18)25(21,22)15-9-5-13(19)6-10-15/h3-10,16-17H,11,20H2,1-2H3. The zero-order valence-corrected chi connectivity index (χ0v) is 15.5. The summed E-state index contributed by atoms with van der Waals surface area (Å²) in [4.78, 5) is 0.212. The summed E-state index contributed by atoms with van der Waals surface area (Å²) < 4.78 is 36.6. The van der Waals surface area contributed by atoms with Crippen molar-refractivity contribution in [3.63, 3.8) is 0 Å². The van der Waals surface area contributed by atoms with Crippen LogP contribution in [0.1, 0.15) is 11.5 Å². The molecule has 0 amide bonds. The van der Waals surface area contributed by atoms with Crippen LogP contribution < -0.4 is 10.5 Å². The zero-order chi connectivity index (χ0) is 18.2. The molecule has 1 aliphatic carbocycles. The largest absolute Gasteiger partial charge is 0.497 e. The Labute approximate surface area is 152 Å². The van der Waals surface area contributed by atoms with Crippen LogP contribution in [0.15, 0.2) is 53.4 Å². The van der Waals surface area contributed by atoms with Crippen LogP contribution in [0.3, 0.4) is 0 Å². The van der Waals surface area contributed by atoms with Gasteiger partial charge in [-0.25, -0.2) is 8.42 Å². The first-order valence-corrected chi connectivity index (χ1v) is 9.68. The van der Waals surface area contributed by atoms with E-state index in [9.17, 15) is 8.42 Å². The molecule has 5 nitrogen and oxygen atoms in total. The summed E-state index contributed by atoms with van der Waals surface area (Å²) in [6.45, 7) is 0.154. The van der Waals surface area contributed by atoms with Crippen LogP contribution in [0.4, 0.5) is 0 Å².